The summed E-state index contributed by atoms with van der Waals surface area (Å²) in [5, 5.41) is 2.49. The Labute approximate surface area is 175 Å². The fourth-order valence-electron chi connectivity index (χ4n) is 2.88. The number of rotatable bonds is 7. The summed E-state index contributed by atoms with van der Waals surface area (Å²) >= 11 is 0. The summed E-state index contributed by atoms with van der Waals surface area (Å²) in [6.07, 6.45) is 2.78. The van der Waals surface area contributed by atoms with E-state index in [4.69, 9.17) is 0 Å². The Kier molecular flexibility index (Phi) is 6.21. The number of hydrogen-bond acceptors (Lipinski definition) is 4. The van der Waals surface area contributed by atoms with E-state index < -0.39 is 21.7 Å². The van der Waals surface area contributed by atoms with Crippen LogP contribution in [0.15, 0.2) is 66.1 Å². The smallest absolute Gasteiger partial charge is 0.283 e. The molecule has 2 aromatic carbocycles. The Balaban J connectivity index is 2.09. The number of carbonyl (C=O) groups is 1. The largest absolute Gasteiger partial charge is 0.350 e. The molecule has 0 fully saturated rings. The van der Waals surface area contributed by atoms with Gasteiger partial charge in [0.1, 0.15) is 5.82 Å². The van der Waals surface area contributed by atoms with Crippen molar-refractivity contribution in [1.29, 1.82) is 0 Å². The van der Waals surface area contributed by atoms with E-state index in [0.717, 1.165) is 15.9 Å². The normalized spacial score (nSPS) is 11.5. The Morgan fingerprint density at radius 1 is 1.20 bits per heavy atom. The van der Waals surface area contributed by atoms with Crippen LogP contribution in [-0.2, 0) is 23.6 Å². The van der Waals surface area contributed by atoms with Crippen molar-refractivity contribution in [3.05, 3.63) is 78.0 Å². The topological polar surface area (TPSA) is 84.3 Å². The molecule has 158 valence electrons. The number of anilines is 1. The summed E-state index contributed by atoms with van der Waals surface area (Å²) in [5.74, 6) is -1.34. The second-order valence-electron chi connectivity index (χ2n) is 7.17. The van der Waals surface area contributed by atoms with E-state index in [1.54, 1.807) is 45.2 Å². The Bertz CT molecular complexity index is 1140. The second kappa shape index (κ2) is 8.66. The third-order valence-electron chi connectivity index (χ3n) is 4.31. The number of amides is 1. The minimum Gasteiger partial charge on any atom is -0.350 e. The molecule has 0 unspecified atom stereocenters. The van der Waals surface area contributed by atoms with Crippen molar-refractivity contribution < 1.29 is 17.6 Å². The highest BCUT2D eigenvalue weighted by Gasteiger charge is 2.28. The van der Waals surface area contributed by atoms with Gasteiger partial charge in [0.05, 0.1) is 24.1 Å². The summed E-state index contributed by atoms with van der Waals surface area (Å²) in [5.41, 5.74) is 0.671. The van der Waals surface area contributed by atoms with Crippen LogP contribution in [0.2, 0.25) is 0 Å². The highest BCUT2D eigenvalue weighted by molar-refractivity contribution is 7.92. The van der Waals surface area contributed by atoms with Gasteiger partial charge < -0.3 is 9.88 Å². The average molecular weight is 431 g/mol. The van der Waals surface area contributed by atoms with Gasteiger partial charge in [-0.2, -0.15) is 8.42 Å². The van der Waals surface area contributed by atoms with Crippen LogP contribution in [0.5, 0.6) is 0 Å². The molecule has 1 aromatic heterocycles. The molecule has 0 radical (unpaired) electrons. The van der Waals surface area contributed by atoms with E-state index in [1.807, 2.05) is 6.07 Å². The molecule has 0 saturated carbocycles. The fraction of sp³-hybridized carbons (Fsp3) is 0.238. The van der Waals surface area contributed by atoms with Crippen LogP contribution in [0, 0.1) is 5.82 Å². The van der Waals surface area contributed by atoms with Crippen LogP contribution >= 0.6 is 0 Å². The number of aryl methyl sites for hydroxylation is 1. The highest BCUT2D eigenvalue weighted by atomic mass is 32.2. The quantitative estimate of drug-likeness (QED) is 0.624. The fourth-order valence-corrected chi connectivity index (χ4v) is 4.30. The summed E-state index contributed by atoms with van der Waals surface area (Å²) in [7, 11) is -2.40. The lowest BCUT2D eigenvalue weighted by atomic mass is 10.1. The van der Waals surface area contributed by atoms with Gasteiger partial charge in [0.25, 0.3) is 15.9 Å². The van der Waals surface area contributed by atoms with Crippen molar-refractivity contribution in [2.45, 2.75) is 31.5 Å². The zero-order valence-electron chi connectivity index (χ0n) is 16.9. The van der Waals surface area contributed by atoms with Gasteiger partial charge >= 0.3 is 0 Å². The summed E-state index contributed by atoms with van der Waals surface area (Å²) in [6, 6.07) is 12.5. The van der Waals surface area contributed by atoms with Gasteiger partial charge in [-0.3, -0.25) is 9.10 Å². The molecule has 3 aromatic rings. The van der Waals surface area contributed by atoms with E-state index in [1.165, 1.54) is 29.2 Å². The van der Waals surface area contributed by atoms with Crippen LogP contribution in [-0.4, -0.2) is 29.9 Å². The number of benzene rings is 2. The SMILES string of the molecule is CC(C)NC(=O)c1cc(N(Cc2ccccc2)S(=O)(=O)c2cn(C)cn2)ccc1F. The van der Waals surface area contributed by atoms with Gasteiger partial charge in [-0.25, -0.2) is 9.37 Å². The predicted octanol–water partition coefficient (Wildman–Crippen LogP) is 3.09. The molecule has 9 heteroatoms. The molecule has 0 saturated heterocycles. The second-order valence-corrected chi connectivity index (χ2v) is 8.98. The average Bonchev–Trinajstić information content (AvgIpc) is 3.14. The van der Waals surface area contributed by atoms with Crippen LogP contribution in [0.3, 0.4) is 0 Å². The van der Waals surface area contributed by atoms with Gasteiger partial charge in [0.15, 0.2) is 5.03 Å². The summed E-state index contributed by atoms with van der Waals surface area (Å²) in [6.45, 7) is 3.51. The number of carbonyl (C=O) groups excluding carboxylic acids is 1. The molecule has 0 aliphatic heterocycles. The van der Waals surface area contributed by atoms with Gasteiger partial charge in [-0.05, 0) is 37.6 Å². The number of nitrogens with one attached hydrogen (secondary N) is 1. The number of halogens is 1. The third kappa shape index (κ3) is 4.68. The van der Waals surface area contributed by atoms with Crippen molar-refractivity contribution >= 4 is 21.6 Å². The lowest BCUT2D eigenvalue weighted by Gasteiger charge is -2.24. The first-order valence-corrected chi connectivity index (χ1v) is 10.8. The number of nitrogens with zero attached hydrogens (tertiary/aromatic N) is 3. The number of hydrogen-bond donors (Lipinski definition) is 1. The Hall–Kier alpha value is -3.20. The van der Waals surface area contributed by atoms with Crippen molar-refractivity contribution in [3.8, 4) is 0 Å². The van der Waals surface area contributed by atoms with E-state index in [-0.39, 0.29) is 28.9 Å². The number of sulfonamides is 1. The Morgan fingerprint density at radius 2 is 1.90 bits per heavy atom. The van der Waals surface area contributed by atoms with E-state index in [9.17, 15) is 17.6 Å². The monoisotopic (exact) mass is 430 g/mol. The zero-order chi connectivity index (χ0) is 21.9. The third-order valence-corrected chi connectivity index (χ3v) is 5.97. The standard InChI is InChI=1S/C21H23FN4O3S/c1-15(2)24-21(27)18-11-17(9-10-19(18)22)26(12-16-7-5-4-6-8-16)30(28,29)20-13-25(3)14-23-20/h4-11,13-15H,12H2,1-3H3,(H,24,27). The molecular weight excluding hydrogens is 407 g/mol. The molecule has 1 heterocycles. The zero-order valence-corrected chi connectivity index (χ0v) is 17.7. The first-order chi connectivity index (χ1) is 14.2. The molecule has 1 N–H and O–H groups in total. The molecule has 0 aliphatic rings. The van der Waals surface area contributed by atoms with Gasteiger partial charge in [-0.1, -0.05) is 30.3 Å². The lowest BCUT2D eigenvalue weighted by molar-refractivity contribution is 0.0939. The van der Waals surface area contributed by atoms with E-state index in [0.29, 0.717) is 0 Å². The maximum Gasteiger partial charge on any atom is 0.283 e. The number of imidazole rings is 1. The van der Waals surface area contributed by atoms with Crippen molar-refractivity contribution in [3.63, 3.8) is 0 Å². The lowest BCUT2D eigenvalue weighted by Crippen LogP contribution is -2.33. The Morgan fingerprint density at radius 3 is 2.50 bits per heavy atom. The van der Waals surface area contributed by atoms with Crippen LogP contribution in [0.1, 0.15) is 29.8 Å². The van der Waals surface area contributed by atoms with Crippen molar-refractivity contribution in [2.75, 3.05) is 4.31 Å². The van der Waals surface area contributed by atoms with Gasteiger partial charge in [-0.15, -0.1) is 0 Å². The minimum atomic E-state index is -4.06. The first kappa shape index (κ1) is 21.5. The molecule has 1 amide bonds. The molecule has 7 nitrogen and oxygen atoms in total. The summed E-state index contributed by atoms with van der Waals surface area (Å²) < 4.78 is 43.7. The van der Waals surface area contributed by atoms with E-state index in [2.05, 4.69) is 10.3 Å². The van der Waals surface area contributed by atoms with Crippen LogP contribution in [0.25, 0.3) is 0 Å². The highest BCUT2D eigenvalue weighted by Crippen LogP contribution is 2.27. The maximum absolute atomic E-state index is 14.3. The van der Waals surface area contributed by atoms with Crippen molar-refractivity contribution in [2.24, 2.45) is 7.05 Å². The molecule has 0 bridgehead atoms. The summed E-state index contributed by atoms with van der Waals surface area (Å²) in [4.78, 5) is 16.4. The minimum absolute atomic E-state index is 0.00335. The van der Waals surface area contributed by atoms with Crippen LogP contribution < -0.4 is 9.62 Å². The molecule has 3 rings (SSSR count). The molecular formula is C21H23FN4O3S. The molecule has 0 aliphatic carbocycles. The van der Waals surface area contributed by atoms with Crippen molar-refractivity contribution in [1.82, 2.24) is 14.9 Å². The van der Waals surface area contributed by atoms with Gasteiger partial charge in [0.2, 0.25) is 0 Å². The predicted molar refractivity (Wildman–Crippen MR) is 112 cm³/mol. The molecule has 0 atom stereocenters. The molecule has 0 spiro atoms. The van der Waals surface area contributed by atoms with E-state index >= 15 is 0 Å². The van der Waals surface area contributed by atoms with Crippen LogP contribution in [0.4, 0.5) is 10.1 Å². The number of aromatic nitrogens is 2. The molecule has 30 heavy (non-hydrogen) atoms. The maximum atomic E-state index is 14.3. The first-order valence-electron chi connectivity index (χ1n) is 9.33. The van der Waals surface area contributed by atoms with Gasteiger partial charge in [0, 0.05) is 19.3 Å².